The highest BCUT2D eigenvalue weighted by molar-refractivity contribution is 7.99. The van der Waals surface area contributed by atoms with Crippen LogP contribution in [0.1, 0.15) is 44.1 Å². The van der Waals surface area contributed by atoms with Crippen LogP contribution in [0, 0.1) is 0 Å². The molecular formula is C22H23ClN4O2S2. The van der Waals surface area contributed by atoms with Gasteiger partial charge >= 0.3 is 0 Å². The summed E-state index contributed by atoms with van der Waals surface area (Å²) in [6.07, 6.45) is 10.5. The van der Waals surface area contributed by atoms with Crippen molar-refractivity contribution in [3.05, 3.63) is 69.9 Å². The fraction of sp³-hybridized carbons (Fsp3) is 0.273. The molecule has 0 saturated heterocycles. The summed E-state index contributed by atoms with van der Waals surface area (Å²) in [5.74, 6) is -0.0919. The number of thioether (sulfide) groups is 1. The van der Waals surface area contributed by atoms with E-state index in [1.165, 1.54) is 29.3 Å². The van der Waals surface area contributed by atoms with Gasteiger partial charge in [0.15, 0.2) is 10.9 Å². The number of aryl methyl sites for hydroxylation is 1. The van der Waals surface area contributed by atoms with E-state index in [1.54, 1.807) is 19.2 Å². The molecule has 0 bridgehead atoms. The van der Waals surface area contributed by atoms with Crippen molar-refractivity contribution in [3.8, 4) is 0 Å². The molecule has 0 aliphatic heterocycles. The van der Waals surface area contributed by atoms with Gasteiger partial charge in [-0.15, -0.1) is 11.3 Å². The van der Waals surface area contributed by atoms with Gasteiger partial charge in [0.25, 0.3) is 11.8 Å². The van der Waals surface area contributed by atoms with Crippen molar-refractivity contribution >= 4 is 51.5 Å². The van der Waals surface area contributed by atoms with E-state index in [0.29, 0.717) is 21.5 Å². The number of hydrogen-bond acceptors (Lipinski definition) is 6. The minimum atomic E-state index is -0.469. The van der Waals surface area contributed by atoms with E-state index in [-0.39, 0.29) is 16.6 Å². The van der Waals surface area contributed by atoms with E-state index in [2.05, 4.69) is 33.8 Å². The molecule has 0 unspecified atom stereocenters. The molecular weight excluding hydrogens is 452 g/mol. The van der Waals surface area contributed by atoms with Crippen molar-refractivity contribution in [1.82, 2.24) is 15.3 Å². The first-order valence-electron chi connectivity index (χ1n) is 9.75. The molecule has 2 aromatic rings. The van der Waals surface area contributed by atoms with Crippen LogP contribution >= 0.6 is 34.7 Å². The number of amides is 2. The van der Waals surface area contributed by atoms with Gasteiger partial charge in [0.1, 0.15) is 5.00 Å². The number of rotatable bonds is 8. The summed E-state index contributed by atoms with van der Waals surface area (Å²) in [5.41, 5.74) is 2.60. The van der Waals surface area contributed by atoms with Crippen LogP contribution in [0.25, 0.3) is 0 Å². The Balaban J connectivity index is 1.85. The van der Waals surface area contributed by atoms with Crippen molar-refractivity contribution in [2.45, 2.75) is 30.8 Å². The molecule has 0 fully saturated rings. The number of halogens is 1. The maximum Gasteiger partial charge on any atom is 0.276 e. The van der Waals surface area contributed by atoms with Crippen LogP contribution in [0.4, 0.5) is 5.00 Å². The lowest BCUT2D eigenvalue weighted by molar-refractivity contribution is 0.0963. The standard InChI is InChI=1S/C22H23ClN4O2S2/c1-4-8-13(5-2)12-30-22-25-11-15(23)18(26-22)20(29)27-21-17(19(28)24-3)14-9-6-7-10-16(14)31-21/h4-5,8,11H,1-2,6-7,9-10,12H2,3H3,(H,24,28)(H,27,29)/b13-8+. The molecule has 2 heterocycles. The third-order valence-corrected chi connectivity index (χ3v) is 7.17. The fourth-order valence-electron chi connectivity index (χ4n) is 3.24. The molecule has 2 aromatic heterocycles. The van der Waals surface area contributed by atoms with Crippen molar-refractivity contribution in [3.63, 3.8) is 0 Å². The van der Waals surface area contributed by atoms with E-state index >= 15 is 0 Å². The topological polar surface area (TPSA) is 84.0 Å². The van der Waals surface area contributed by atoms with Gasteiger partial charge in [-0.3, -0.25) is 9.59 Å². The lowest BCUT2D eigenvalue weighted by Gasteiger charge is -2.12. The number of thiophene rings is 1. The quantitative estimate of drug-likeness (QED) is 0.317. The Bertz CT molecular complexity index is 1060. The van der Waals surface area contributed by atoms with E-state index in [0.717, 1.165) is 41.7 Å². The van der Waals surface area contributed by atoms with Crippen molar-refractivity contribution < 1.29 is 9.59 Å². The molecule has 2 N–H and O–H groups in total. The number of anilines is 1. The number of nitrogens with zero attached hydrogens (tertiary/aromatic N) is 2. The first kappa shape index (κ1) is 23.2. The molecule has 3 rings (SSSR count). The molecule has 9 heteroatoms. The lowest BCUT2D eigenvalue weighted by atomic mass is 9.95. The number of aromatic nitrogens is 2. The number of carbonyl (C=O) groups excluding carboxylic acids is 2. The summed E-state index contributed by atoms with van der Waals surface area (Å²) in [4.78, 5) is 35.2. The molecule has 0 spiro atoms. The maximum atomic E-state index is 13.0. The van der Waals surface area contributed by atoms with Gasteiger partial charge in [-0.05, 0) is 36.8 Å². The minimum Gasteiger partial charge on any atom is -0.355 e. The summed E-state index contributed by atoms with van der Waals surface area (Å²) in [6, 6.07) is 0. The summed E-state index contributed by atoms with van der Waals surface area (Å²) in [5, 5.41) is 6.63. The van der Waals surface area contributed by atoms with Crippen LogP contribution in [-0.2, 0) is 12.8 Å². The van der Waals surface area contributed by atoms with Gasteiger partial charge in [0.2, 0.25) is 0 Å². The third kappa shape index (κ3) is 5.44. The van der Waals surface area contributed by atoms with Gasteiger partial charge in [-0.25, -0.2) is 9.97 Å². The Morgan fingerprint density at radius 2 is 2.06 bits per heavy atom. The molecule has 2 amide bonds. The zero-order valence-corrected chi connectivity index (χ0v) is 19.6. The highest BCUT2D eigenvalue weighted by Gasteiger charge is 2.27. The Kier molecular flexibility index (Phi) is 8.06. The first-order chi connectivity index (χ1) is 15.0. The molecule has 6 nitrogen and oxygen atoms in total. The SMILES string of the molecule is C=C/C=C(\C=C)CSc1ncc(Cl)c(C(=O)Nc2sc3c(c2C(=O)NC)CCCC3)n1. The average Bonchev–Trinajstić information content (AvgIpc) is 3.14. The largest absolute Gasteiger partial charge is 0.355 e. The molecule has 1 aliphatic rings. The Morgan fingerprint density at radius 1 is 1.29 bits per heavy atom. The molecule has 0 atom stereocenters. The Hall–Kier alpha value is -2.42. The van der Waals surface area contributed by atoms with Crippen molar-refractivity contribution in [2.24, 2.45) is 0 Å². The van der Waals surface area contributed by atoms with Crippen LogP contribution in [0.5, 0.6) is 0 Å². The molecule has 1 aliphatic carbocycles. The van der Waals surface area contributed by atoms with Crippen molar-refractivity contribution in [2.75, 3.05) is 18.1 Å². The van der Waals surface area contributed by atoms with E-state index < -0.39 is 5.91 Å². The highest BCUT2D eigenvalue weighted by Crippen LogP contribution is 2.38. The Labute approximate surface area is 194 Å². The van der Waals surface area contributed by atoms with Gasteiger partial charge < -0.3 is 10.6 Å². The van der Waals surface area contributed by atoms with Gasteiger partial charge in [0, 0.05) is 17.7 Å². The van der Waals surface area contributed by atoms with Gasteiger partial charge in [-0.2, -0.15) is 0 Å². The molecule has 31 heavy (non-hydrogen) atoms. The predicted molar refractivity (Wildman–Crippen MR) is 129 cm³/mol. The van der Waals surface area contributed by atoms with E-state index in [1.807, 2.05) is 6.08 Å². The zero-order valence-electron chi connectivity index (χ0n) is 17.2. The fourth-order valence-corrected chi connectivity index (χ4v) is 5.49. The second kappa shape index (κ2) is 10.7. The summed E-state index contributed by atoms with van der Waals surface area (Å²) < 4.78 is 0. The molecule has 0 radical (unpaired) electrons. The zero-order chi connectivity index (χ0) is 22.4. The smallest absolute Gasteiger partial charge is 0.276 e. The molecule has 0 saturated carbocycles. The first-order valence-corrected chi connectivity index (χ1v) is 11.9. The number of allylic oxidation sites excluding steroid dienone is 3. The van der Waals surface area contributed by atoms with E-state index in [9.17, 15) is 9.59 Å². The van der Waals surface area contributed by atoms with Crippen LogP contribution < -0.4 is 10.6 Å². The second-order valence-corrected chi connectivity index (χ2v) is 9.22. The summed E-state index contributed by atoms with van der Waals surface area (Å²) in [7, 11) is 1.59. The lowest BCUT2D eigenvalue weighted by Crippen LogP contribution is -2.22. The monoisotopic (exact) mass is 474 g/mol. The molecule has 162 valence electrons. The minimum absolute atomic E-state index is 0.0706. The average molecular weight is 475 g/mol. The van der Waals surface area contributed by atoms with Gasteiger partial charge in [0.05, 0.1) is 16.8 Å². The molecule has 0 aromatic carbocycles. The highest BCUT2D eigenvalue weighted by atomic mass is 35.5. The predicted octanol–water partition coefficient (Wildman–Crippen LogP) is 5.07. The number of hydrogen-bond donors (Lipinski definition) is 2. The second-order valence-electron chi connectivity index (χ2n) is 6.77. The number of nitrogens with one attached hydrogen (secondary N) is 2. The van der Waals surface area contributed by atoms with Gasteiger partial charge in [-0.1, -0.05) is 54.7 Å². The van der Waals surface area contributed by atoms with Crippen LogP contribution in [0.3, 0.4) is 0 Å². The number of carbonyl (C=O) groups is 2. The van der Waals surface area contributed by atoms with E-state index in [4.69, 9.17) is 11.6 Å². The van der Waals surface area contributed by atoms with Crippen LogP contribution in [0.15, 0.2) is 48.3 Å². The number of fused-ring (bicyclic) bond motifs is 1. The van der Waals surface area contributed by atoms with Crippen molar-refractivity contribution in [1.29, 1.82) is 0 Å². The summed E-state index contributed by atoms with van der Waals surface area (Å²) >= 11 is 9.03. The Morgan fingerprint density at radius 3 is 2.77 bits per heavy atom. The normalized spacial score (nSPS) is 13.3. The van der Waals surface area contributed by atoms with Crippen LogP contribution in [-0.4, -0.2) is 34.6 Å². The van der Waals surface area contributed by atoms with Crippen LogP contribution in [0.2, 0.25) is 5.02 Å². The maximum absolute atomic E-state index is 13.0. The summed E-state index contributed by atoms with van der Waals surface area (Å²) in [6.45, 7) is 7.45. The third-order valence-electron chi connectivity index (χ3n) is 4.75.